The quantitative estimate of drug-likeness (QED) is 0.515. The fraction of sp³-hybridized carbons (Fsp3) is 0.409. The standard InChI is InChI=1S/C21H27N9O.CH3NO/c1-21(2,3)16-12-17(27-14-26-16)29-8-10-30(11-9-29)18-19(24-7-6-23-18)31-13-15-4-5-25-20(22)28-15;2-1-3/h4-7,12,14H,8-11,13H2,1-3H3,(H2,22,25,28);1H,(H2,2,3). The SMILES string of the molecule is CC(C)(C)c1cc(N2CCN(c3nccnc3OCc3ccnc(N)n3)CC2)ncn1.NC=O. The molecular weight excluding hydrogens is 436 g/mol. The number of hydrogen-bond acceptors (Lipinski definition) is 11. The van der Waals surface area contributed by atoms with Crippen LogP contribution < -0.4 is 26.0 Å². The normalized spacial score (nSPS) is 13.6. The average Bonchev–Trinajstić information content (AvgIpc) is 2.83. The van der Waals surface area contributed by atoms with Gasteiger partial charge in [0.2, 0.25) is 12.4 Å². The summed E-state index contributed by atoms with van der Waals surface area (Å²) in [7, 11) is 0. The van der Waals surface area contributed by atoms with E-state index >= 15 is 0 Å². The molecule has 1 saturated heterocycles. The van der Waals surface area contributed by atoms with E-state index in [2.05, 4.69) is 72.3 Å². The van der Waals surface area contributed by atoms with Gasteiger partial charge in [-0.1, -0.05) is 20.8 Å². The van der Waals surface area contributed by atoms with E-state index in [1.807, 2.05) is 0 Å². The molecule has 0 unspecified atom stereocenters. The topological polar surface area (TPSA) is 162 Å². The number of nitrogens with zero attached hydrogens (tertiary/aromatic N) is 8. The smallest absolute Gasteiger partial charge is 0.258 e. The van der Waals surface area contributed by atoms with Crippen molar-refractivity contribution in [1.29, 1.82) is 0 Å². The van der Waals surface area contributed by atoms with Gasteiger partial charge in [0.1, 0.15) is 18.8 Å². The van der Waals surface area contributed by atoms with Gasteiger partial charge in [0.25, 0.3) is 5.88 Å². The van der Waals surface area contributed by atoms with Crippen LogP contribution in [0.4, 0.5) is 17.6 Å². The number of anilines is 3. The Kier molecular flexibility index (Phi) is 8.06. The first-order valence-corrected chi connectivity index (χ1v) is 10.8. The second kappa shape index (κ2) is 11.2. The number of carbonyl (C=O) groups is 1. The molecule has 1 fully saturated rings. The van der Waals surface area contributed by atoms with Gasteiger partial charge in [-0.05, 0) is 6.07 Å². The van der Waals surface area contributed by atoms with Crippen molar-refractivity contribution >= 4 is 24.0 Å². The summed E-state index contributed by atoms with van der Waals surface area (Å²) in [4.78, 5) is 38.9. The number of ether oxygens (including phenoxy) is 1. The van der Waals surface area contributed by atoms with Crippen molar-refractivity contribution in [2.24, 2.45) is 5.73 Å². The van der Waals surface area contributed by atoms with Crippen LogP contribution in [0.2, 0.25) is 0 Å². The highest BCUT2D eigenvalue weighted by Gasteiger charge is 2.24. The molecule has 0 aromatic carbocycles. The van der Waals surface area contributed by atoms with Gasteiger partial charge in [-0.2, -0.15) is 0 Å². The Morgan fingerprint density at radius 2 is 1.68 bits per heavy atom. The van der Waals surface area contributed by atoms with Crippen LogP contribution in [-0.4, -0.2) is 62.5 Å². The van der Waals surface area contributed by atoms with Gasteiger partial charge in [-0.3, -0.25) is 4.79 Å². The van der Waals surface area contributed by atoms with Crippen LogP contribution >= 0.6 is 0 Å². The minimum Gasteiger partial charge on any atom is -0.469 e. The van der Waals surface area contributed by atoms with Crippen LogP contribution in [0.1, 0.15) is 32.2 Å². The number of primary amides is 1. The maximum absolute atomic E-state index is 8.58. The summed E-state index contributed by atoms with van der Waals surface area (Å²) in [5.41, 5.74) is 11.5. The van der Waals surface area contributed by atoms with Crippen molar-refractivity contribution in [2.45, 2.75) is 32.8 Å². The second-order valence-electron chi connectivity index (χ2n) is 8.50. The lowest BCUT2D eigenvalue weighted by molar-refractivity contribution is -0.106. The lowest BCUT2D eigenvalue weighted by Gasteiger charge is -2.36. The molecule has 0 saturated carbocycles. The van der Waals surface area contributed by atoms with Crippen molar-refractivity contribution in [3.8, 4) is 5.88 Å². The molecule has 1 aliphatic rings. The largest absolute Gasteiger partial charge is 0.469 e. The molecule has 1 amide bonds. The molecular formula is C22H30N10O2. The Morgan fingerprint density at radius 3 is 2.35 bits per heavy atom. The zero-order valence-corrected chi connectivity index (χ0v) is 19.6. The maximum atomic E-state index is 8.58. The first-order valence-electron chi connectivity index (χ1n) is 10.8. The van der Waals surface area contributed by atoms with Crippen molar-refractivity contribution in [3.05, 3.63) is 48.4 Å². The highest BCUT2D eigenvalue weighted by molar-refractivity contribution is 5.50. The summed E-state index contributed by atoms with van der Waals surface area (Å²) in [6.45, 7) is 9.91. The van der Waals surface area contributed by atoms with E-state index in [4.69, 9.17) is 15.3 Å². The molecule has 1 aliphatic heterocycles. The number of hydrogen-bond donors (Lipinski definition) is 2. The molecule has 3 aromatic rings. The number of aromatic nitrogens is 6. The van der Waals surface area contributed by atoms with E-state index in [1.54, 1.807) is 31.0 Å². The average molecular weight is 467 g/mol. The molecule has 0 bridgehead atoms. The Balaban J connectivity index is 0.00000103. The van der Waals surface area contributed by atoms with Crippen molar-refractivity contribution in [2.75, 3.05) is 41.7 Å². The molecule has 0 radical (unpaired) electrons. The first kappa shape index (κ1) is 24.6. The van der Waals surface area contributed by atoms with Crippen LogP contribution in [0.15, 0.2) is 37.1 Å². The Hall–Kier alpha value is -4.09. The van der Waals surface area contributed by atoms with Gasteiger partial charge in [0, 0.05) is 56.3 Å². The minimum atomic E-state index is -0.0142. The molecule has 4 N–H and O–H groups in total. The van der Waals surface area contributed by atoms with Gasteiger partial charge in [0.05, 0.1) is 11.4 Å². The molecule has 0 spiro atoms. The zero-order chi connectivity index (χ0) is 24.6. The van der Waals surface area contributed by atoms with Crippen LogP contribution in [0.5, 0.6) is 5.88 Å². The van der Waals surface area contributed by atoms with E-state index in [1.165, 1.54) is 0 Å². The predicted molar refractivity (Wildman–Crippen MR) is 128 cm³/mol. The van der Waals surface area contributed by atoms with E-state index in [0.717, 1.165) is 43.5 Å². The number of piperazine rings is 1. The fourth-order valence-corrected chi connectivity index (χ4v) is 3.35. The summed E-state index contributed by atoms with van der Waals surface area (Å²) in [5.74, 6) is 2.37. The molecule has 4 heterocycles. The van der Waals surface area contributed by atoms with Gasteiger partial charge in [0.15, 0.2) is 5.82 Å². The fourth-order valence-electron chi connectivity index (χ4n) is 3.35. The molecule has 0 atom stereocenters. The summed E-state index contributed by atoms with van der Waals surface area (Å²) in [6, 6.07) is 3.85. The van der Waals surface area contributed by atoms with Gasteiger partial charge in [-0.15, -0.1) is 0 Å². The van der Waals surface area contributed by atoms with Crippen molar-refractivity contribution in [3.63, 3.8) is 0 Å². The molecule has 3 aromatic heterocycles. The number of rotatable bonds is 5. The van der Waals surface area contributed by atoms with Crippen LogP contribution in [0.25, 0.3) is 0 Å². The monoisotopic (exact) mass is 466 g/mol. The van der Waals surface area contributed by atoms with Crippen LogP contribution in [-0.2, 0) is 16.8 Å². The van der Waals surface area contributed by atoms with Gasteiger partial charge >= 0.3 is 0 Å². The van der Waals surface area contributed by atoms with Crippen molar-refractivity contribution < 1.29 is 9.53 Å². The Morgan fingerprint density at radius 1 is 1.00 bits per heavy atom. The van der Waals surface area contributed by atoms with Crippen LogP contribution in [0, 0.1) is 0 Å². The van der Waals surface area contributed by atoms with E-state index < -0.39 is 0 Å². The van der Waals surface area contributed by atoms with E-state index in [0.29, 0.717) is 11.6 Å². The molecule has 12 heteroatoms. The molecule has 180 valence electrons. The van der Waals surface area contributed by atoms with E-state index in [9.17, 15) is 0 Å². The third kappa shape index (κ3) is 6.47. The molecule has 34 heavy (non-hydrogen) atoms. The summed E-state index contributed by atoms with van der Waals surface area (Å²) in [5, 5.41) is 0. The first-order chi connectivity index (χ1) is 16.3. The third-order valence-corrected chi connectivity index (χ3v) is 5.06. The second-order valence-corrected chi connectivity index (χ2v) is 8.50. The predicted octanol–water partition coefficient (Wildman–Crippen LogP) is 0.943. The lowest BCUT2D eigenvalue weighted by atomic mass is 9.92. The Bertz CT molecular complexity index is 1080. The van der Waals surface area contributed by atoms with Crippen molar-refractivity contribution in [1.82, 2.24) is 29.9 Å². The zero-order valence-electron chi connectivity index (χ0n) is 19.6. The lowest BCUT2D eigenvalue weighted by Crippen LogP contribution is -2.47. The Labute approximate surface area is 198 Å². The summed E-state index contributed by atoms with van der Waals surface area (Å²) < 4.78 is 5.90. The third-order valence-electron chi connectivity index (χ3n) is 5.06. The van der Waals surface area contributed by atoms with Crippen LogP contribution in [0.3, 0.4) is 0 Å². The number of amides is 1. The highest BCUT2D eigenvalue weighted by atomic mass is 16.5. The van der Waals surface area contributed by atoms with E-state index in [-0.39, 0.29) is 24.4 Å². The van der Waals surface area contributed by atoms with Gasteiger partial charge < -0.3 is 26.0 Å². The molecule has 12 nitrogen and oxygen atoms in total. The maximum Gasteiger partial charge on any atom is 0.258 e. The highest BCUT2D eigenvalue weighted by Crippen LogP contribution is 2.27. The summed E-state index contributed by atoms with van der Waals surface area (Å²) >= 11 is 0. The number of nitrogens with two attached hydrogens (primary N) is 2. The molecule has 0 aliphatic carbocycles. The minimum absolute atomic E-state index is 0.0142. The molecule has 4 rings (SSSR count). The van der Waals surface area contributed by atoms with Gasteiger partial charge in [-0.25, -0.2) is 29.9 Å². The summed E-state index contributed by atoms with van der Waals surface area (Å²) in [6.07, 6.45) is 6.81. The number of carbonyl (C=O) groups excluding carboxylic acids is 1. The number of nitrogen functional groups attached to an aromatic ring is 1.